The van der Waals surface area contributed by atoms with Gasteiger partial charge in [-0.15, -0.1) is 0 Å². The van der Waals surface area contributed by atoms with Gasteiger partial charge in [0.2, 0.25) is 0 Å². The number of para-hydroxylation sites is 1. The van der Waals surface area contributed by atoms with Gasteiger partial charge < -0.3 is 9.72 Å². The van der Waals surface area contributed by atoms with Crippen molar-refractivity contribution in [3.8, 4) is 17.1 Å². The first-order valence-corrected chi connectivity index (χ1v) is 7.08. The van der Waals surface area contributed by atoms with E-state index in [0.717, 1.165) is 0 Å². The van der Waals surface area contributed by atoms with E-state index >= 15 is 0 Å². The molecular formula is C15H9BrF2N2O2. The molecule has 2 aromatic carbocycles. The van der Waals surface area contributed by atoms with Crippen LogP contribution in [-0.2, 0) is 0 Å². The highest BCUT2D eigenvalue weighted by molar-refractivity contribution is 9.10. The largest absolute Gasteiger partial charge is 0.434 e. The molecule has 4 nitrogen and oxygen atoms in total. The van der Waals surface area contributed by atoms with E-state index in [1.165, 1.54) is 6.07 Å². The Kier molecular flexibility index (Phi) is 3.89. The molecule has 0 atom stereocenters. The molecule has 3 rings (SSSR count). The number of nitrogens with zero attached hydrogens (tertiary/aromatic N) is 1. The van der Waals surface area contributed by atoms with Crippen LogP contribution in [0, 0.1) is 0 Å². The minimum atomic E-state index is -2.97. The average molecular weight is 367 g/mol. The maximum Gasteiger partial charge on any atom is 0.387 e. The van der Waals surface area contributed by atoms with Crippen molar-refractivity contribution >= 4 is 26.8 Å². The molecule has 0 radical (unpaired) electrons. The third kappa shape index (κ3) is 2.71. The predicted molar refractivity (Wildman–Crippen MR) is 82.1 cm³/mol. The summed E-state index contributed by atoms with van der Waals surface area (Å²) in [4.78, 5) is 19.0. The van der Waals surface area contributed by atoms with E-state index in [9.17, 15) is 13.6 Å². The van der Waals surface area contributed by atoms with Crippen LogP contribution in [0.2, 0.25) is 0 Å². The quantitative estimate of drug-likeness (QED) is 0.763. The van der Waals surface area contributed by atoms with E-state index in [-0.39, 0.29) is 22.7 Å². The second kappa shape index (κ2) is 5.84. The van der Waals surface area contributed by atoms with Crippen molar-refractivity contribution in [3.63, 3.8) is 0 Å². The zero-order valence-electron chi connectivity index (χ0n) is 11.0. The van der Waals surface area contributed by atoms with Gasteiger partial charge >= 0.3 is 6.61 Å². The van der Waals surface area contributed by atoms with Crippen molar-refractivity contribution < 1.29 is 13.5 Å². The number of ether oxygens (including phenoxy) is 1. The third-order valence-corrected chi connectivity index (χ3v) is 3.70. The molecule has 0 saturated carbocycles. The van der Waals surface area contributed by atoms with Crippen LogP contribution >= 0.6 is 15.9 Å². The van der Waals surface area contributed by atoms with Crippen LogP contribution in [-0.4, -0.2) is 16.6 Å². The monoisotopic (exact) mass is 366 g/mol. The summed E-state index contributed by atoms with van der Waals surface area (Å²) in [6.45, 7) is -2.97. The predicted octanol–water partition coefficient (Wildman–Crippen LogP) is 3.95. The standard InChI is InChI=1S/C15H9BrF2N2O2/c16-9-5-3-7-11(22-15(17)18)12(9)13-19-10-6-2-1-4-8(10)14(21)20-13/h1-7,15H,(H,19,20,21). The molecule has 0 aliphatic heterocycles. The van der Waals surface area contributed by atoms with Gasteiger partial charge in [0.1, 0.15) is 11.6 Å². The molecule has 0 aliphatic carbocycles. The molecule has 22 heavy (non-hydrogen) atoms. The number of alkyl halides is 2. The maximum atomic E-state index is 12.6. The topological polar surface area (TPSA) is 55.0 Å². The molecule has 0 bridgehead atoms. The highest BCUT2D eigenvalue weighted by Gasteiger charge is 2.17. The van der Waals surface area contributed by atoms with Crippen LogP contribution in [0.4, 0.5) is 8.78 Å². The first-order chi connectivity index (χ1) is 10.6. The van der Waals surface area contributed by atoms with Crippen molar-refractivity contribution in [2.45, 2.75) is 6.61 Å². The Morgan fingerprint density at radius 1 is 1.14 bits per heavy atom. The van der Waals surface area contributed by atoms with Crippen molar-refractivity contribution in [2.24, 2.45) is 0 Å². The fraction of sp³-hybridized carbons (Fsp3) is 0.0667. The van der Waals surface area contributed by atoms with Crippen molar-refractivity contribution in [3.05, 3.63) is 57.3 Å². The van der Waals surface area contributed by atoms with Crippen LogP contribution in [0.15, 0.2) is 51.7 Å². The molecule has 0 unspecified atom stereocenters. The Balaban J connectivity index is 2.25. The summed E-state index contributed by atoms with van der Waals surface area (Å²) in [6, 6.07) is 11.4. The molecule has 0 amide bonds. The lowest BCUT2D eigenvalue weighted by Gasteiger charge is -2.12. The SMILES string of the molecule is O=c1[nH]c(-c2c(Br)cccc2OC(F)F)nc2ccccc12. The van der Waals surface area contributed by atoms with E-state index in [0.29, 0.717) is 15.4 Å². The smallest absolute Gasteiger partial charge is 0.387 e. The van der Waals surface area contributed by atoms with Crippen molar-refractivity contribution in [1.29, 1.82) is 0 Å². The first-order valence-electron chi connectivity index (χ1n) is 6.29. The number of hydrogen-bond donors (Lipinski definition) is 1. The van der Waals surface area contributed by atoms with Gasteiger partial charge in [-0.1, -0.05) is 18.2 Å². The number of halogens is 3. The molecule has 1 N–H and O–H groups in total. The summed E-state index contributed by atoms with van der Waals surface area (Å²) in [7, 11) is 0. The molecule has 7 heteroatoms. The molecule has 1 heterocycles. The van der Waals surface area contributed by atoms with Crippen LogP contribution < -0.4 is 10.3 Å². The zero-order chi connectivity index (χ0) is 15.7. The Hall–Kier alpha value is -2.28. The summed E-state index contributed by atoms with van der Waals surface area (Å²) < 4.78 is 30.1. The van der Waals surface area contributed by atoms with Gasteiger partial charge in [0, 0.05) is 4.47 Å². The summed E-state index contributed by atoms with van der Waals surface area (Å²) in [5, 5.41) is 0.426. The fourth-order valence-electron chi connectivity index (χ4n) is 2.13. The zero-order valence-corrected chi connectivity index (χ0v) is 12.6. The Morgan fingerprint density at radius 3 is 2.68 bits per heavy atom. The number of H-pyrrole nitrogens is 1. The normalized spacial score (nSPS) is 11.1. The van der Waals surface area contributed by atoms with E-state index in [1.54, 1.807) is 36.4 Å². The van der Waals surface area contributed by atoms with Crippen LogP contribution in [0.25, 0.3) is 22.3 Å². The number of hydrogen-bond acceptors (Lipinski definition) is 3. The summed E-state index contributed by atoms with van der Waals surface area (Å²) in [5.74, 6) is 0.0923. The summed E-state index contributed by atoms with van der Waals surface area (Å²) in [5.41, 5.74) is 0.394. The molecule has 0 aliphatic rings. The maximum absolute atomic E-state index is 12.6. The summed E-state index contributed by atoms with van der Waals surface area (Å²) in [6.07, 6.45) is 0. The van der Waals surface area contributed by atoms with Gasteiger partial charge in [0.05, 0.1) is 16.5 Å². The molecule has 0 saturated heterocycles. The number of aromatic amines is 1. The van der Waals surface area contributed by atoms with E-state index in [4.69, 9.17) is 0 Å². The number of fused-ring (bicyclic) bond motifs is 1. The summed E-state index contributed by atoms with van der Waals surface area (Å²) >= 11 is 3.28. The van der Waals surface area contributed by atoms with Gasteiger partial charge in [0.15, 0.2) is 0 Å². The van der Waals surface area contributed by atoms with Gasteiger partial charge in [-0.25, -0.2) is 4.98 Å². The Bertz CT molecular complexity index is 896. The molecule has 112 valence electrons. The highest BCUT2D eigenvalue weighted by Crippen LogP contribution is 2.35. The average Bonchev–Trinajstić information content (AvgIpc) is 2.46. The number of aromatic nitrogens is 2. The fourth-order valence-corrected chi connectivity index (χ4v) is 2.67. The van der Waals surface area contributed by atoms with E-state index in [2.05, 4.69) is 30.6 Å². The minimum absolute atomic E-state index is 0.0668. The van der Waals surface area contributed by atoms with Gasteiger partial charge in [-0.3, -0.25) is 4.79 Å². The molecule has 0 fully saturated rings. The molecule has 1 aromatic heterocycles. The van der Waals surface area contributed by atoms with Crippen LogP contribution in [0.1, 0.15) is 0 Å². The Labute approximate surface area is 131 Å². The second-order valence-corrected chi connectivity index (χ2v) is 5.28. The molecule has 3 aromatic rings. The van der Waals surface area contributed by atoms with Gasteiger partial charge in [-0.05, 0) is 40.2 Å². The van der Waals surface area contributed by atoms with Crippen LogP contribution in [0.5, 0.6) is 5.75 Å². The highest BCUT2D eigenvalue weighted by atomic mass is 79.9. The second-order valence-electron chi connectivity index (χ2n) is 4.42. The lowest BCUT2D eigenvalue weighted by atomic mass is 10.1. The lowest BCUT2D eigenvalue weighted by molar-refractivity contribution is -0.0495. The first kappa shape index (κ1) is 14.6. The number of benzene rings is 2. The van der Waals surface area contributed by atoms with Crippen molar-refractivity contribution in [1.82, 2.24) is 9.97 Å². The van der Waals surface area contributed by atoms with E-state index < -0.39 is 6.61 Å². The minimum Gasteiger partial charge on any atom is -0.434 e. The third-order valence-electron chi connectivity index (χ3n) is 3.04. The van der Waals surface area contributed by atoms with E-state index in [1.807, 2.05) is 0 Å². The number of rotatable bonds is 3. The van der Waals surface area contributed by atoms with Crippen molar-refractivity contribution in [2.75, 3.05) is 0 Å². The Morgan fingerprint density at radius 2 is 1.91 bits per heavy atom. The molecular weight excluding hydrogens is 358 g/mol. The van der Waals surface area contributed by atoms with Gasteiger partial charge in [0.25, 0.3) is 5.56 Å². The lowest BCUT2D eigenvalue weighted by Crippen LogP contribution is -2.11. The van der Waals surface area contributed by atoms with Crippen LogP contribution in [0.3, 0.4) is 0 Å². The number of nitrogens with one attached hydrogen (secondary N) is 1. The molecule has 0 spiro atoms. The van der Waals surface area contributed by atoms with Gasteiger partial charge in [-0.2, -0.15) is 8.78 Å².